The van der Waals surface area contributed by atoms with E-state index in [1.165, 1.54) is 15.6 Å². The largest absolute Gasteiger partial charge is 0.280 e. The molecule has 0 atom stereocenters. The molecule has 6 nitrogen and oxygen atoms in total. The molecule has 9 heteroatoms. The first-order chi connectivity index (χ1) is 13.0. The minimum atomic E-state index is -0.765. The fourth-order valence-electron chi connectivity index (χ4n) is 2.63. The number of halogens is 2. The van der Waals surface area contributed by atoms with E-state index >= 15 is 0 Å². The van der Waals surface area contributed by atoms with Crippen LogP contribution in [0.4, 0.5) is 13.9 Å². The zero-order valence-corrected chi connectivity index (χ0v) is 15.0. The van der Waals surface area contributed by atoms with E-state index in [1.807, 2.05) is 6.07 Å². The number of hydrogen-bond donors (Lipinski definition) is 0. The molecule has 0 aliphatic heterocycles. The average molecular weight is 385 g/mol. The molecule has 1 amide bonds. The van der Waals surface area contributed by atoms with Crippen molar-refractivity contribution >= 4 is 32.6 Å². The number of nitrogens with zero attached hydrogens (tertiary/aromatic N) is 5. The van der Waals surface area contributed by atoms with Gasteiger partial charge in [0.05, 0.1) is 11.2 Å². The maximum Gasteiger partial charge on any atom is 0.280 e. The van der Waals surface area contributed by atoms with Crippen molar-refractivity contribution in [2.24, 2.45) is 7.05 Å². The summed E-state index contributed by atoms with van der Waals surface area (Å²) in [7, 11) is 1.71. The number of carbonyl (C=O) groups is 1. The Morgan fingerprint density at radius 3 is 2.85 bits per heavy atom. The molecule has 0 radical (unpaired) electrons. The Morgan fingerprint density at radius 1 is 1.30 bits per heavy atom. The van der Waals surface area contributed by atoms with Gasteiger partial charge in [0, 0.05) is 31.7 Å². The van der Waals surface area contributed by atoms with Gasteiger partial charge >= 0.3 is 0 Å². The van der Waals surface area contributed by atoms with Crippen molar-refractivity contribution in [3.05, 3.63) is 71.8 Å². The molecule has 4 rings (SSSR count). The Hall–Kier alpha value is -3.20. The first kappa shape index (κ1) is 17.2. The van der Waals surface area contributed by atoms with E-state index < -0.39 is 11.6 Å². The number of amides is 1. The molecule has 0 unspecified atom stereocenters. The molecule has 0 saturated carbocycles. The smallest absolute Gasteiger partial charge is 0.278 e. The molecule has 1 aromatic carbocycles. The maximum atomic E-state index is 14.1. The molecule has 27 heavy (non-hydrogen) atoms. The van der Waals surface area contributed by atoms with Gasteiger partial charge in [-0.2, -0.15) is 5.10 Å². The average Bonchev–Trinajstić information content (AvgIpc) is 3.26. The van der Waals surface area contributed by atoms with Gasteiger partial charge in [-0.25, -0.2) is 13.8 Å². The van der Waals surface area contributed by atoms with Gasteiger partial charge in [0.1, 0.15) is 11.3 Å². The van der Waals surface area contributed by atoms with Crippen LogP contribution in [0, 0.1) is 11.6 Å². The van der Waals surface area contributed by atoms with Gasteiger partial charge in [-0.15, -0.1) is 0 Å². The zero-order valence-electron chi connectivity index (χ0n) is 14.1. The molecule has 0 N–H and O–H groups in total. The summed E-state index contributed by atoms with van der Waals surface area (Å²) in [5.74, 6) is -1.84. The molecular weight excluding hydrogens is 372 g/mol. The van der Waals surface area contributed by atoms with Crippen LogP contribution in [0.15, 0.2) is 48.9 Å². The van der Waals surface area contributed by atoms with Crippen molar-refractivity contribution in [3.63, 3.8) is 0 Å². The first-order valence-electron chi connectivity index (χ1n) is 7.97. The van der Waals surface area contributed by atoms with E-state index in [0.717, 1.165) is 23.0 Å². The van der Waals surface area contributed by atoms with Gasteiger partial charge in [0.15, 0.2) is 16.6 Å². The number of aromatic nitrogens is 4. The van der Waals surface area contributed by atoms with Crippen molar-refractivity contribution in [2.45, 2.75) is 6.54 Å². The lowest BCUT2D eigenvalue weighted by atomic mass is 10.2. The number of rotatable bonds is 4. The Kier molecular flexibility index (Phi) is 4.36. The summed E-state index contributed by atoms with van der Waals surface area (Å²) in [6.45, 7) is 0.174. The molecule has 0 spiro atoms. The zero-order chi connectivity index (χ0) is 19.0. The Balaban J connectivity index is 1.79. The van der Waals surface area contributed by atoms with E-state index in [-0.39, 0.29) is 28.8 Å². The second-order valence-electron chi connectivity index (χ2n) is 5.86. The van der Waals surface area contributed by atoms with Crippen molar-refractivity contribution in [2.75, 3.05) is 4.90 Å². The van der Waals surface area contributed by atoms with Gasteiger partial charge in [0.25, 0.3) is 5.91 Å². The van der Waals surface area contributed by atoms with Crippen LogP contribution in [0.25, 0.3) is 10.2 Å². The second kappa shape index (κ2) is 6.84. The van der Waals surface area contributed by atoms with Crippen LogP contribution in [-0.2, 0) is 13.6 Å². The van der Waals surface area contributed by atoms with Crippen LogP contribution < -0.4 is 4.90 Å². The molecule has 136 valence electrons. The molecule has 0 saturated heterocycles. The molecule has 4 aromatic rings. The third-order valence-corrected chi connectivity index (χ3v) is 4.90. The van der Waals surface area contributed by atoms with Crippen LogP contribution in [-0.4, -0.2) is 25.7 Å². The first-order valence-corrected chi connectivity index (χ1v) is 8.79. The van der Waals surface area contributed by atoms with Crippen molar-refractivity contribution in [1.82, 2.24) is 19.7 Å². The highest BCUT2D eigenvalue weighted by molar-refractivity contribution is 7.22. The van der Waals surface area contributed by atoms with Crippen LogP contribution in [0.1, 0.15) is 16.1 Å². The number of aryl methyl sites for hydroxylation is 1. The lowest BCUT2D eigenvalue weighted by Crippen LogP contribution is -2.30. The normalized spacial score (nSPS) is 11.1. The summed E-state index contributed by atoms with van der Waals surface area (Å²) in [5.41, 5.74) is 1.03. The maximum absolute atomic E-state index is 14.1. The molecule has 3 aromatic heterocycles. The summed E-state index contributed by atoms with van der Waals surface area (Å²) >= 11 is 1.04. The number of fused-ring (bicyclic) bond motifs is 1. The van der Waals surface area contributed by atoms with E-state index in [4.69, 9.17) is 0 Å². The van der Waals surface area contributed by atoms with Crippen molar-refractivity contribution < 1.29 is 13.6 Å². The van der Waals surface area contributed by atoms with Gasteiger partial charge < -0.3 is 0 Å². The molecule has 0 bridgehead atoms. The Morgan fingerprint density at radius 2 is 2.15 bits per heavy atom. The minimum absolute atomic E-state index is 0.0291. The second-order valence-corrected chi connectivity index (χ2v) is 6.87. The standard InChI is InChI=1S/C18H13F2N5OS/c1-24-6-4-14(23-24)17(26)25(10-11-3-2-5-21-9-11)18-22-16-13(20)7-12(19)8-15(16)27-18/h2-9H,10H2,1H3. The third-order valence-electron chi connectivity index (χ3n) is 3.87. The molecular formula is C18H13F2N5OS. The lowest BCUT2D eigenvalue weighted by molar-refractivity contribution is 0.0979. The predicted octanol–water partition coefficient (Wildman–Crippen LogP) is 3.55. The molecule has 0 aliphatic rings. The highest BCUT2D eigenvalue weighted by atomic mass is 32.1. The molecule has 0 aliphatic carbocycles. The summed E-state index contributed by atoms with van der Waals surface area (Å²) in [6, 6.07) is 7.14. The quantitative estimate of drug-likeness (QED) is 0.539. The summed E-state index contributed by atoms with van der Waals surface area (Å²) in [6.07, 6.45) is 4.92. The van der Waals surface area contributed by atoms with Crippen molar-refractivity contribution in [1.29, 1.82) is 0 Å². The van der Waals surface area contributed by atoms with Crippen LogP contribution in [0.5, 0.6) is 0 Å². The van der Waals surface area contributed by atoms with Crippen LogP contribution in [0.3, 0.4) is 0 Å². The van der Waals surface area contributed by atoms with E-state index in [2.05, 4.69) is 15.1 Å². The van der Waals surface area contributed by atoms with Gasteiger partial charge in [-0.05, 0) is 23.8 Å². The SMILES string of the molecule is Cn1ccc(C(=O)N(Cc2cccnc2)c2nc3c(F)cc(F)cc3s2)n1. The predicted molar refractivity (Wildman–Crippen MR) is 97.5 cm³/mol. The van der Waals surface area contributed by atoms with Gasteiger partial charge in [-0.1, -0.05) is 17.4 Å². The summed E-state index contributed by atoms with van der Waals surface area (Å²) in [5, 5.41) is 4.40. The van der Waals surface area contributed by atoms with Crippen LogP contribution in [0.2, 0.25) is 0 Å². The summed E-state index contributed by atoms with van der Waals surface area (Å²) in [4.78, 5) is 22.7. The number of carbonyl (C=O) groups excluding carboxylic acids is 1. The minimum Gasteiger partial charge on any atom is -0.278 e. The highest BCUT2D eigenvalue weighted by Gasteiger charge is 2.24. The van der Waals surface area contributed by atoms with E-state index in [1.54, 1.807) is 37.8 Å². The monoisotopic (exact) mass is 385 g/mol. The van der Waals surface area contributed by atoms with E-state index in [0.29, 0.717) is 4.70 Å². The number of anilines is 1. The number of thiazole rings is 1. The number of hydrogen-bond acceptors (Lipinski definition) is 5. The number of pyridine rings is 1. The fraction of sp³-hybridized carbons (Fsp3) is 0.111. The van der Waals surface area contributed by atoms with E-state index in [9.17, 15) is 13.6 Å². The Labute approximate surface area is 156 Å². The lowest BCUT2D eigenvalue weighted by Gasteiger charge is -2.18. The third kappa shape index (κ3) is 3.41. The summed E-state index contributed by atoms with van der Waals surface area (Å²) < 4.78 is 29.4. The molecule has 3 heterocycles. The van der Waals surface area contributed by atoms with Crippen molar-refractivity contribution in [3.8, 4) is 0 Å². The molecule has 0 fully saturated rings. The highest BCUT2D eigenvalue weighted by Crippen LogP contribution is 2.32. The Bertz CT molecular complexity index is 1130. The van der Waals surface area contributed by atoms with Crippen LogP contribution >= 0.6 is 11.3 Å². The van der Waals surface area contributed by atoms with Gasteiger partial charge in [-0.3, -0.25) is 19.4 Å². The topological polar surface area (TPSA) is 63.9 Å². The number of benzene rings is 1. The van der Waals surface area contributed by atoms with Gasteiger partial charge in [0.2, 0.25) is 0 Å². The fourth-order valence-corrected chi connectivity index (χ4v) is 3.63.